The molecule has 0 aliphatic heterocycles. The summed E-state index contributed by atoms with van der Waals surface area (Å²) in [4.78, 5) is 4.77. The topological polar surface area (TPSA) is 72.2 Å². The van der Waals surface area contributed by atoms with E-state index < -0.39 is 0 Å². The zero-order chi connectivity index (χ0) is 56.2. The molecular formula is C78H50N2O5. The van der Waals surface area contributed by atoms with E-state index in [1.165, 1.54) is 44.5 Å². The van der Waals surface area contributed by atoms with Crippen LogP contribution in [-0.4, -0.2) is 0 Å². The van der Waals surface area contributed by atoms with E-state index in [0.29, 0.717) is 0 Å². The summed E-state index contributed by atoms with van der Waals surface area (Å²) in [6, 6.07) is 82.6. The van der Waals surface area contributed by atoms with E-state index in [4.69, 9.17) is 22.1 Å². The number of rotatable bonds is 6. The van der Waals surface area contributed by atoms with Crippen LogP contribution in [0.1, 0.15) is 49.9 Å². The fourth-order valence-electron chi connectivity index (χ4n) is 15.0. The first-order valence-corrected chi connectivity index (χ1v) is 29.2. The van der Waals surface area contributed by atoms with E-state index in [1.54, 1.807) is 0 Å². The van der Waals surface area contributed by atoms with Crippen LogP contribution in [0.2, 0.25) is 0 Å². The van der Waals surface area contributed by atoms with E-state index in [-0.39, 0.29) is 10.8 Å². The lowest BCUT2D eigenvalue weighted by molar-refractivity contribution is 0.660. The van der Waals surface area contributed by atoms with Gasteiger partial charge in [-0.25, -0.2) is 0 Å². The maximum absolute atomic E-state index is 6.96. The summed E-state index contributed by atoms with van der Waals surface area (Å²) in [5.41, 5.74) is 24.3. The van der Waals surface area contributed by atoms with Crippen LogP contribution >= 0.6 is 0 Å². The van der Waals surface area contributed by atoms with Gasteiger partial charge in [0.2, 0.25) is 0 Å². The zero-order valence-electron chi connectivity index (χ0n) is 46.9. The van der Waals surface area contributed by atoms with Crippen LogP contribution in [0.15, 0.2) is 253 Å². The minimum absolute atomic E-state index is 0.174. The number of nitrogens with zero attached hydrogens (tertiary/aromatic N) is 2. The average molecular weight is 1100 g/mol. The molecule has 12 aromatic carbocycles. The second-order valence-electron chi connectivity index (χ2n) is 24.3. The monoisotopic (exact) mass is 1090 g/mol. The maximum Gasteiger partial charge on any atom is 0.137 e. The molecule has 5 aromatic heterocycles. The van der Waals surface area contributed by atoms with Crippen molar-refractivity contribution in [3.8, 4) is 22.3 Å². The summed E-state index contributed by atoms with van der Waals surface area (Å²) in [6.07, 6.45) is 0. The summed E-state index contributed by atoms with van der Waals surface area (Å²) in [6.45, 7) is 9.33. The molecule has 5 heterocycles. The Labute approximate surface area is 486 Å². The molecule has 2 aliphatic rings. The van der Waals surface area contributed by atoms with Gasteiger partial charge in [-0.2, -0.15) is 0 Å². The molecule has 0 atom stereocenters. The van der Waals surface area contributed by atoms with Gasteiger partial charge in [0.15, 0.2) is 0 Å². The van der Waals surface area contributed by atoms with Crippen molar-refractivity contribution in [2.24, 2.45) is 0 Å². The van der Waals surface area contributed by atoms with Gasteiger partial charge in [-0.3, -0.25) is 0 Å². The summed E-state index contributed by atoms with van der Waals surface area (Å²) in [7, 11) is 0. The fourth-order valence-corrected chi connectivity index (χ4v) is 15.0. The van der Waals surface area contributed by atoms with Gasteiger partial charge < -0.3 is 31.9 Å². The van der Waals surface area contributed by atoms with Crippen LogP contribution < -0.4 is 9.80 Å². The average Bonchev–Trinajstić information content (AvgIpc) is 2.08. The summed E-state index contributed by atoms with van der Waals surface area (Å²) in [5.74, 6) is 0. The Morgan fingerprint density at radius 3 is 0.988 bits per heavy atom. The highest BCUT2D eigenvalue weighted by molar-refractivity contribution is 6.19. The molecule has 0 fully saturated rings. The van der Waals surface area contributed by atoms with E-state index in [0.717, 1.165) is 144 Å². The first-order chi connectivity index (χ1) is 41.6. The molecule has 402 valence electrons. The third-order valence-electron chi connectivity index (χ3n) is 19.0. The van der Waals surface area contributed by atoms with Crippen LogP contribution in [0.5, 0.6) is 0 Å². The molecule has 0 unspecified atom stereocenters. The van der Waals surface area contributed by atoms with Gasteiger partial charge in [0.1, 0.15) is 55.8 Å². The van der Waals surface area contributed by atoms with E-state index in [1.807, 2.05) is 24.3 Å². The number of hydrogen-bond donors (Lipinski definition) is 0. The minimum Gasteiger partial charge on any atom is -0.456 e. The summed E-state index contributed by atoms with van der Waals surface area (Å²) < 4.78 is 33.5. The molecule has 2 aliphatic carbocycles. The first-order valence-electron chi connectivity index (χ1n) is 29.2. The SMILES string of the molecule is CC1(C)c2ccccc2-c2c(N(c3ccc4c(c3)oc3cc5c(cc34)oc3cc4c(cc35)oc3cc(N(c5ccc6oc7ccccc7c6c5)c5cccc6c5-c5ccccc5C6(C)C)ccc34)c3ccc4oc5ccccc5c4c3)cccc21. The molecular weight excluding hydrogens is 1040 g/mol. The third-order valence-corrected chi connectivity index (χ3v) is 19.0. The highest BCUT2D eigenvalue weighted by atomic mass is 16.3. The molecule has 19 rings (SSSR count). The van der Waals surface area contributed by atoms with Crippen molar-refractivity contribution >= 4 is 144 Å². The lowest BCUT2D eigenvalue weighted by Gasteiger charge is -2.29. The van der Waals surface area contributed by atoms with Gasteiger partial charge in [0, 0.05) is 111 Å². The minimum atomic E-state index is -0.174. The van der Waals surface area contributed by atoms with Crippen LogP contribution in [0, 0.1) is 0 Å². The van der Waals surface area contributed by atoms with E-state index >= 15 is 0 Å². The van der Waals surface area contributed by atoms with E-state index in [9.17, 15) is 0 Å². The van der Waals surface area contributed by atoms with Crippen molar-refractivity contribution in [2.75, 3.05) is 9.80 Å². The fraction of sp³-hybridized carbons (Fsp3) is 0.0769. The number of para-hydroxylation sites is 2. The molecule has 0 saturated heterocycles. The van der Waals surface area contributed by atoms with Crippen molar-refractivity contribution in [3.05, 3.63) is 253 Å². The van der Waals surface area contributed by atoms with Crippen LogP contribution in [0.25, 0.3) is 132 Å². The summed E-state index contributed by atoms with van der Waals surface area (Å²) >= 11 is 0. The van der Waals surface area contributed by atoms with Gasteiger partial charge in [-0.1, -0.05) is 137 Å². The Morgan fingerprint density at radius 2 is 0.541 bits per heavy atom. The largest absolute Gasteiger partial charge is 0.456 e. The van der Waals surface area contributed by atoms with Crippen LogP contribution in [-0.2, 0) is 10.8 Å². The Hall–Kier alpha value is -10.8. The van der Waals surface area contributed by atoms with Gasteiger partial charge in [-0.05, 0) is 143 Å². The Bertz CT molecular complexity index is 5430. The van der Waals surface area contributed by atoms with Crippen molar-refractivity contribution in [1.29, 1.82) is 0 Å². The Balaban J connectivity index is 0.746. The predicted octanol–water partition coefficient (Wildman–Crippen LogP) is 22.7. The molecule has 0 N–H and O–H groups in total. The smallest absolute Gasteiger partial charge is 0.137 e. The molecule has 0 bridgehead atoms. The van der Waals surface area contributed by atoms with Crippen LogP contribution in [0.4, 0.5) is 34.1 Å². The Kier molecular flexibility index (Phi) is 9.08. The lowest BCUT2D eigenvalue weighted by Crippen LogP contribution is -2.16. The Morgan fingerprint density at radius 1 is 0.235 bits per heavy atom. The number of hydrogen-bond acceptors (Lipinski definition) is 7. The van der Waals surface area contributed by atoms with Crippen molar-refractivity contribution in [1.82, 2.24) is 0 Å². The number of fused-ring (bicyclic) bond motifs is 21. The number of benzene rings is 12. The first kappa shape index (κ1) is 46.8. The number of anilines is 6. The highest BCUT2D eigenvalue weighted by Gasteiger charge is 2.40. The second-order valence-corrected chi connectivity index (χ2v) is 24.3. The van der Waals surface area contributed by atoms with Gasteiger partial charge >= 0.3 is 0 Å². The molecule has 17 aromatic rings. The third kappa shape index (κ3) is 6.39. The predicted molar refractivity (Wildman–Crippen MR) is 347 cm³/mol. The molecule has 7 heteroatoms. The molecule has 0 spiro atoms. The molecule has 85 heavy (non-hydrogen) atoms. The standard InChI is InChI=1S/C78H50N2O5/c1-77(2)59-19-9-5-17-51(59)75-61(77)21-13-23-63(75)79(43-29-33-67-53(35-43)47-15-7-11-25-65(47)81-67)45-27-31-49-55-39-73-57(41-71(55)83-69(49)37-45)58-42-72-56(40-74(58)85-73)50-32-28-46(38-70(50)84-72)80(44-30-34-68-54(36-44)48-16-8-12-26-66(48)82-68)64-24-14-22-62-76(64)52-18-6-10-20-60(52)78(62,3)4/h5-42H,1-4H3. The molecule has 0 radical (unpaired) electrons. The molecule has 0 amide bonds. The highest BCUT2D eigenvalue weighted by Crippen LogP contribution is 2.57. The van der Waals surface area contributed by atoms with Crippen molar-refractivity contribution in [2.45, 2.75) is 38.5 Å². The van der Waals surface area contributed by atoms with E-state index in [2.05, 4.69) is 244 Å². The van der Waals surface area contributed by atoms with Gasteiger partial charge in [0.25, 0.3) is 0 Å². The van der Waals surface area contributed by atoms with Crippen molar-refractivity contribution in [3.63, 3.8) is 0 Å². The maximum atomic E-state index is 6.96. The number of furan rings is 5. The quantitative estimate of drug-likeness (QED) is 0.164. The normalized spacial score (nSPS) is 14.1. The van der Waals surface area contributed by atoms with Crippen molar-refractivity contribution < 1.29 is 22.1 Å². The second kappa shape index (κ2) is 16.5. The van der Waals surface area contributed by atoms with Crippen LogP contribution in [0.3, 0.4) is 0 Å². The van der Waals surface area contributed by atoms with Gasteiger partial charge in [-0.15, -0.1) is 0 Å². The van der Waals surface area contributed by atoms with Gasteiger partial charge in [0.05, 0.1) is 11.4 Å². The molecule has 0 saturated carbocycles. The molecule has 7 nitrogen and oxygen atoms in total. The zero-order valence-corrected chi connectivity index (χ0v) is 46.9. The summed E-state index contributed by atoms with van der Waals surface area (Å²) in [5, 5.41) is 10.2. The lowest BCUT2D eigenvalue weighted by atomic mass is 9.82.